The summed E-state index contributed by atoms with van der Waals surface area (Å²) in [5, 5.41) is 232. The number of rotatable bonds is 21. The van der Waals surface area contributed by atoms with Crippen LogP contribution >= 0.6 is 0 Å². The van der Waals surface area contributed by atoms with Crippen molar-refractivity contribution in [1.82, 2.24) is 0 Å². The minimum absolute atomic E-state index is 0.0181. The first-order chi connectivity index (χ1) is 51.0. The summed E-state index contributed by atoms with van der Waals surface area (Å²) in [6, 6.07) is 28.1. The van der Waals surface area contributed by atoms with Gasteiger partial charge in [0.1, 0.15) is 22.8 Å². The van der Waals surface area contributed by atoms with E-state index in [-0.39, 0.29) is 80.6 Å². The van der Waals surface area contributed by atoms with Gasteiger partial charge in [0.2, 0.25) is 0 Å². The second-order valence-corrected chi connectivity index (χ2v) is 20.2. The first kappa shape index (κ1) is 96.0. The summed E-state index contributed by atoms with van der Waals surface area (Å²) >= 11 is 0. The van der Waals surface area contributed by atoms with Gasteiger partial charge in [-0.05, 0) is 144 Å². The number of ether oxygens (including phenoxy) is 2. The Balaban J connectivity index is 0. The minimum atomic E-state index is -2.74. The molecule has 41 nitrogen and oxygen atoms in total. The van der Waals surface area contributed by atoms with Gasteiger partial charge in [-0.1, -0.05) is 30.3 Å². The average molecular weight is 1550 g/mol. The van der Waals surface area contributed by atoms with Gasteiger partial charge in [0.05, 0.1) is 38.2 Å². The second kappa shape index (κ2) is 48.0. The van der Waals surface area contributed by atoms with E-state index in [1.165, 1.54) is 105 Å². The lowest BCUT2D eigenvalue weighted by Crippen LogP contribution is -2.42. The predicted molar refractivity (Wildman–Crippen MR) is 370 cm³/mol. The summed E-state index contributed by atoms with van der Waals surface area (Å²) in [5.41, 5.74) is -0.636. The number of carboxylic acids is 12. The Morgan fingerprint density at radius 2 is 0.718 bits per heavy atom. The maximum Gasteiger partial charge on any atom is 0.375 e. The fourth-order valence-corrected chi connectivity index (χ4v) is 6.66. The van der Waals surface area contributed by atoms with Crippen LogP contribution in [-0.4, -0.2) is 229 Å². The molecular weight excluding hydrogens is 1480 g/mol. The number of phenols is 12. The first-order valence-electron chi connectivity index (χ1n) is 29.0. The Morgan fingerprint density at radius 3 is 1.08 bits per heavy atom. The maximum absolute atomic E-state index is 10.4. The minimum Gasteiger partial charge on any atom is -0.508 e. The number of phenolic OH excluding ortho intramolecular Hbond substituents is 11. The molecule has 0 unspecified atom stereocenters. The fourth-order valence-electron chi connectivity index (χ4n) is 6.66. The average Bonchev–Trinajstić information content (AvgIpc) is 0.849. The van der Waals surface area contributed by atoms with Gasteiger partial charge in [-0.15, -0.1) is 0 Å². The SMILES string of the molecule is COc1cc(/C=C/C(=O)O)ccc1O.COc1cc(C(=O)O)ccc1O.O=C(O)/C(O)=C(/O)C(=O)O.O=C(O)/C=C/c1ccc(O)c(O)c1.O=C(O)/C=C/c1ccc(O)cc1.O=C(O)CC(O)(CC(=O)O)C(=O)O.O=C(O)CCc1ccc(O)c(O)c1.O=C(O)c1cc(O)c(O)c(O)c1.O=C(O)c1cc(O)ccc1O. The van der Waals surface area contributed by atoms with Crippen LogP contribution in [0.1, 0.15) is 72.6 Å². The summed E-state index contributed by atoms with van der Waals surface area (Å²) in [5.74, 6) is -22.4. The van der Waals surface area contributed by atoms with Crippen molar-refractivity contribution in [3.05, 3.63) is 196 Å². The Labute approximate surface area is 615 Å². The van der Waals surface area contributed by atoms with E-state index in [9.17, 15) is 62.6 Å². The molecule has 0 bridgehead atoms. The van der Waals surface area contributed by atoms with Gasteiger partial charge in [0.15, 0.2) is 68.8 Å². The van der Waals surface area contributed by atoms with Gasteiger partial charge in [0, 0.05) is 24.6 Å². The number of aliphatic hydroxyl groups is 3. The number of aromatic hydroxyl groups is 12. The van der Waals surface area contributed by atoms with Gasteiger partial charge in [-0.3, -0.25) is 14.4 Å². The van der Waals surface area contributed by atoms with Crippen LogP contribution in [0.4, 0.5) is 0 Å². The monoisotopic (exact) mass is 1550 g/mol. The molecule has 0 radical (unpaired) electrons. The lowest BCUT2D eigenvalue weighted by Gasteiger charge is -2.18. The normalized spacial score (nSPS) is 10.2. The lowest BCUT2D eigenvalue weighted by molar-refractivity contribution is -0.170. The third kappa shape index (κ3) is 39.4. The molecule has 110 heavy (non-hydrogen) atoms. The molecule has 27 N–H and O–H groups in total. The van der Waals surface area contributed by atoms with Crippen molar-refractivity contribution in [2.45, 2.75) is 31.3 Å². The molecule has 0 amide bonds. The van der Waals surface area contributed by atoms with Gasteiger partial charge in [-0.25, -0.2) is 43.2 Å². The van der Waals surface area contributed by atoms with Crippen molar-refractivity contribution >= 4 is 89.9 Å². The van der Waals surface area contributed by atoms with Crippen molar-refractivity contribution in [3.8, 4) is 80.5 Å². The number of carbonyl (C=O) groups is 12. The zero-order valence-corrected chi connectivity index (χ0v) is 56.2. The number of methoxy groups -OCH3 is 2. The van der Waals surface area contributed by atoms with E-state index >= 15 is 0 Å². The highest BCUT2D eigenvalue weighted by Crippen LogP contribution is 2.35. The van der Waals surface area contributed by atoms with E-state index in [1.54, 1.807) is 30.3 Å². The third-order valence-electron chi connectivity index (χ3n) is 11.9. The van der Waals surface area contributed by atoms with Crippen molar-refractivity contribution < 1.29 is 205 Å². The Kier molecular flexibility index (Phi) is 41.8. The number of benzene rings is 7. The number of aliphatic carboxylic acids is 9. The Bertz CT molecular complexity index is 4450. The molecule has 0 aliphatic carbocycles. The van der Waals surface area contributed by atoms with E-state index < -0.39 is 119 Å². The Hall–Kier alpha value is -16.1. The summed E-state index contributed by atoms with van der Waals surface area (Å²) < 4.78 is 9.58. The zero-order valence-electron chi connectivity index (χ0n) is 56.2. The fraction of sp³-hybridized carbons (Fsp3) is 0.101. The molecule has 7 aromatic rings. The summed E-state index contributed by atoms with van der Waals surface area (Å²) in [7, 11) is 2.79. The van der Waals surface area contributed by atoms with Crippen LogP contribution in [-0.2, 0) is 49.6 Å². The van der Waals surface area contributed by atoms with E-state index in [4.69, 9.17) is 142 Å². The summed E-state index contributed by atoms with van der Waals surface area (Å²) in [4.78, 5) is 122. The lowest BCUT2D eigenvalue weighted by atomic mass is 9.96. The molecule has 7 rings (SSSR count). The second-order valence-electron chi connectivity index (χ2n) is 20.2. The topological polar surface area (TPSA) is 770 Å². The number of aryl methyl sites for hydroxylation is 1. The molecule has 0 spiro atoms. The standard InChI is InChI=1S/C10H10O4.C9H10O4.C9H8O4.C9H8O3.C8H8O4.C7H6O5.C7H6O4.C6H8O7.C4H4O6/c1-14-9-6-7(2-4-8(9)11)3-5-10(12)13;2*10-7-3-1-6(5-8(7)11)2-4-9(12)13;10-8-4-1-7(2-5-8)3-6-9(11)12;1-12-7-4-5(8(10)11)2-3-6(7)9;8-4-1-3(7(11)12)2-5(9)6(4)10;8-4-1-2-6(9)5(3-4)7(10)11;7-3(8)1-6(13,5(11)12)2-4(9)10;5-1(3(7)8)2(6)4(9)10/h2-6,11H,1H3,(H,12,13);1,3,5,10-11H,2,4H2,(H,12,13);1-5,10-11H,(H,12,13);1-6,10H,(H,11,12);2-4,9H,1H3,(H,10,11);1-2,8-10H,(H,11,12);1-3,8-9H,(H,10,11);13H,1-2H2,(H,7,8)(H,9,10)(H,11,12);5-6H,(H,7,8)(H,9,10)/b5-3+;;4-2+;6-3+;;;;;2-1-. The zero-order chi connectivity index (χ0) is 85.0. The van der Waals surface area contributed by atoms with Crippen LogP contribution in [0.25, 0.3) is 18.2 Å². The molecule has 0 fully saturated rings. The summed E-state index contributed by atoms with van der Waals surface area (Å²) in [6.45, 7) is 0. The largest absolute Gasteiger partial charge is 0.508 e. The van der Waals surface area contributed by atoms with Gasteiger partial charge >= 0.3 is 71.6 Å². The molecule has 0 atom stereocenters. The number of hydrogen-bond acceptors (Lipinski definition) is 29. The van der Waals surface area contributed by atoms with Crippen LogP contribution in [0.3, 0.4) is 0 Å². The predicted octanol–water partition coefficient (Wildman–Crippen LogP) is 5.93. The third-order valence-corrected chi connectivity index (χ3v) is 11.9. The van der Waals surface area contributed by atoms with Crippen LogP contribution in [0.5, 0.6) is 80.5 Å². The molecule has 0 saturated carbocycles. The molecule has 41 heteroatoms. The highest BCUT2D eigenvalue weighted by atomic mass is 16.5. The first-order valence-corrected chi connectivity index (χ1v) is 29.0. The van der Waals surface area contributed by atoms with Gasteiger partial charge in [-0.2, -0.15) is 0 Å². The number of hydrogen-bond donors (Lipinski definition) is 27. The van der Waals surface area contributed by atoms with E-state index in [0.717, 1.165) is 48.1 Å². The maximum atomic E-state index is 10.4. The molecule has 7 aromatic carbocycles. The van der Waals surface area contributed by atoms with Crippen LogP contribution in [0.15, 0.2) is 157 Å². The molecule has 0 saturated heterocycles. The van der Waals surface area contributed by atoms with Crippen molar-refractivity contribution in [2.75, 3.05) is 14.2 Å². The highest BCUT2D eigenvalue weighted by molar-refractivity contribution is 5.95. The number of aliphatic hydroxyl groups excluding tert-OH is 2. The number of carboxylic acid groups (broad SMARTS) is 12. The number of aromatic carboxylic acids is 3. The van der Waals surface area contributed by atoms with Gasteiger partial charge in [0.25, 0.3) is 11.5 Å². The van der Waals surface area contributed by atoms with Crippen LogP contribution in [0, 0.1) is 0 Å². The molecule has 0 heterocycles. The molecule has 590 valence electrons. The smallest absolute Gasteiger partial charge is 0.375 e. The van der Waals surface area contributed by atoms with Crippen molar-refractivity contribution in [1.29, 1.82) is 0 Å². The Morgan fingerprint density at radius 1 is 0.345 bits per heavy atom. The quantitative estimate of drug-likeness (QED) is 0.0171. The molecule has 0 aromatic heterocycles. The van der Waals surface area contributed by atoms with E-state index in [1.807, 2.05) is 0 Å². The summed E-state index contributed by atoms with van der Waals surface area (Å²) in [6.07, 6.45) is 5.30. The van der Waals surface area contributed by atoms with Crippen molar-refractivity contribution in [2.24, 2.45) is 0 Å². The van der Waals surface area contributed by atoms with E-state index in [0.29, 0.717) is 28.9 Å². The highest BCUT2D eigenvalue weighted by Gasteiger charge is 2.41. The molecular formula is C69H68O41. The van der Waals surface area contributed by atoms with E-state index in [2.05, 4.69) is 0 Å². The van der Waals surface area contributed by atoms with Gasteiger partial charge < -0.3 is 147 Å². The molecule has 0 aliphatic heterocycles. The van der Waals surface area contributed by atoms with Crippen LogP contribution in [0.2, 0.25) is 0 Å². The van der Waals surface area contributed by atoms with Crippen molar-refractivity contribution in [3.63, 3.8) is 0 Å². The van der Waals surface area contributed by atoms with Crippen LogP contribution < -0.4 is 9.47 Å². The molecule has 0 aliphatic rings.